The number of hydrogen-bond acceptors (Lipinski definition) is 3. The Hall–Kier alpha value is -0.410. The molecule has 0 aliphatic heterocycles. The van der Waals surface area contributed by atoms with Crippen LogP contribution in [-0.2, 0) is 9.53 Å². The Labute approximate surface area is 156 Å². The average molecular weight is 357 g/mol. The first kappa shape index (κ1) is 24.6. The van der Waals surface area contributed by atoms with Crippen molar-refractivity contribution < 1.29 is 14.6 Å². The van der Waals surface area contributed by atoms with E-state index < -0.39 is 5.60 Å². The minimum absolute atomic E-state index is 0.0337. The Bertz CT molecular complexity index is 375. The molecule has 0 saturated carbocycles. The number of methoxy groups -OCH3 is 1. The quantitative estimate of drug-likeness (QED) is 0.474. The van der Waals surface area contributed by atoms with Crippen molar-refractivity contribution in [2.24, 2.45) is 29.6 Å². The van der Waals surface area contributed by atoms with Gasteiger partial charge in [0.1, 0.15) is 5.78 Å². The number of rotatable bonds is 13. The van der Waals surface area contributed by atoms with E-state index in [1.807, 2.05) is 13.8 Å². The first-order valence-electron chi connectivity index (χ1n) is 10.3. The summed E-state index contributed by atoms with van der Waals surface area (Å²) in [6.07, 6.45) is 4.80. The third-order valence-corrected chi connectivity index (χ3v) is 6.58. The molecule has 0 aromatic heterocycles. The van der Waals surface area contributed by atoms with Crippen LogP contribution in [0.4, 0.5) is 0 Å². The average Bonchev–Trinajstić information content (AvgIpc) is 2.57. The van der Waals surface area contributed by atoms with Gasteiger partial charge in [-0.1, -0.05) is 54.9 Å². The highest BCUT2D eigenvalue weighted by atomic mass is 16.5. The van der Waals surface area contributed by atoms with Crippen LogP contribution in [0.15, 0.2) is 0 Å². The van der Waals surface area contributed by atoms with E-state index in [0.717, 1.165) is 25.7 Å². The summed E-state index contributed by atoms with van der Waals surface area (Å²) in [6.45, 7) is 16.6. The zero-order chi connectivity index (χ0) is 19.8. The second-order valence-electron chi connectivity index (χ2n) is 8.63. The van der Waals surface area contributed by atoms with Crippen LogP contribution in [0.1, 0.15) is 87.5 Å². The van der Waals surface area contributed by atoms with Crippen molar-refractivity contribution in [1.29, 1.82) is 0 Å². The Morgan fingerprint density at radius 1 is 1.08 bits per heavy atom. The van der Waals surface area contributed by atoms with Gasteiger partial charge < -0.3 is 9.84 Å². The van der Waals surface area contributed by atoms with Crippen molar-refractivity contribution in [3.05, 3.63) is 0 Å². The molecule has 6 unspecified atom stereocenters. The monoisotopic (exact) mass is 356 g/mol. The summed E-state index contributed by atoms with van der Waals surface area (Å²) in [5, 5.41) is 10.6. The van der Waals surface area contributed by atoms with Gasteiger partial charge in [-0.05, 0) is 50.4 Å². The molecule has 150 valence electrons. The van der Waals surface area contributed by atoms with Gasteiger partial charge in [-0.25, -0.2) is 0 Å². The van der Waals surface area contributed by atoms with Gasteiger partial charge in [-0.2, -0.15) is 0 Å². The Morgan fingerprint density at radius 3 is 2.04 bits per heavy atom. The number of aliphatic hydroxyl groups is 1. The summed E-state index contributed by atoms with van der Waals surface area (Å²) in [4.78, 5) is 13.0. The second kappa shape index (κ2) is 11.3. The molecule has 0 radical (unpaired) electrons. The molecule has 3 nitrogen and oxygen atoms in total. The topological polar surface area (TPSA) is 46.5 Å². The molecule has 0 spiro atoms. The van der Waals surface area contributed by atoms with E-state index >= 15 is 0 Å². The molecule has 0 heterocycles. The molecular formula is C22H44O3. The maximum atomic E-state index is 13.0. The largest absolute Gasteiger partial charge is 0.390 e. The molecular weight excluding hydrogens is 312 g/mol. The van der Waals surface area contributed by atoms with Gasteiger partial charge in [0.05, 0.1) is 11.7 Å². The van der Waals surface area contributed by atoms with Gasteiger partial charge in [0.15, 0.2) is 0 Å². The van der Waals surface area contributed by atoms with Crippen LogP contribution in [0.3, 0.4) is 0 Å². The Kier molecular flexibility index (Phi) is 11.1. The molecule has 3 heteroatoms. The van der Waals surface area contributed by atoms with Crippen LogP contribution in [0.25, 0.3) is 0 Å². The molecule has 0 bridgehead atoms. The van der Waals surface area contributed by atoms with Gasteiger partial charge in [-0.15, -0.1) is 0 Å². The fraction of sp³-hybridized carbons (Fsp3) is 0.955. The highest BCUT2D eigenvalue weighted by Crippen LogP contribution is 2.35. The van der Waals surface area contributed by atoms with E-state index in [1.165, 1.54) is 0 Å². The molecule has 0 aliphatic carbocycles. The van der Waals surface area contributed by atoms with E-state index in [4.69, 9.17) is 4.74 Å². The van der Waals surface area contributed by atoms with Crippen molar-refractivity contribution in [3.63, 3.8) is 0 Å². The molecule has 0 fully saturated rings. The van der Waals surface area contributed by atoms with Crippen LogP contribution < -0.4 is 0 Å². The standard InChI is InChI=1S/C22H44O3/c1-10-19(17(6)18(7)22(8,24)11-2)21(23)16(5)13-12-14-20(25-9)15(3)4/h15-20,24H,10-14H2,1-9H3. The number of Topliss-reactive ketones (excluding diaryl/α,β-unsaturated/α-hetero) is 1. The van der Waals surface area contributed by atoms with Crippen molar-refractivity contribution in [2.45, 2.75) is 99.2 Å². The van der Waals surface area contributed by atoms with E-state index in [0.29, 0.717) is 18.1 Å². The zero-order valence-electron chi connectivity index (χ0n) is 18.3. The minimum atomic E-state index is -0.709. The summed E-state index contributed by atoms with van der Waals surface area (Å²) >= 11 is 0. The maximum Gasteiger partial charge on any atom is 0.139 e. The lowest BCUT2D eigenvalue weighted by Crippen LogP contribution is -2.41. The van der Waals surface area contributed by atoms with Crippen LogP contribution in [0, 0.1) is 29.6 Å². The molecule has 0 rings (SSSR count). The summed E-state index contributed by atoms with van der Waals surface area (Å²) in [6, 6.07) is 0. The number of carbonyl (C=O) groups excluding carboxylic acids is 1. The number of ketones is 1. The first-order chi connectivity index (χ1) is 11.5. The van der Waals surface area contributed by atoms with Crippen LogP contribution in [-0.4, -0.2) is 29.7 Å². The van der Waals surface area contributed by atoms with Gasteiger partial charge in [0, 0.05) is 18.9 Å². The molecule has 6 atom stereocenters. The van der Waals surface area contributed by atoms with Crippen LogP contribution in [0.2, 0.25) is 0 Å². The molecule has 0 aromatic carbocycles. The molecule has 0 amide bonds. The number of ether oxygens (including phenoxy) is 1. The van der Waals surface area contributed by atoms with Crippen LogP contribution >= 0.6 is 0 Å². The lowest BCUT2D eigenvalue weighted by atomic mass is 9.70. The van der Waals surface area contributed by atoms with E-state index in [2.05, 4.69) is 41.5 Å². The minimum Gasteiger partial charge on any atom is -0.390 e. The zero-order valence-corrected chi connectivity index (χ0v) is 18.3. The summed E-state index contributed by atoms with van der Waals surface area (Å²) in [7, 11) is 1.77. The Balaban J connectivity index is 4.75. The van der Waals surface area contributed by atoms with E-state index in [1.54, 1.807) is 7.11 Å². The molecule has 0 aromatic rings. The summed E-state index contributed by atoms with van der Waals surface area (Å²) in [5.74, 6) is 1.29. The fourth-order valence-corrected chi connectivity index (χ4v) is 3.93. The van der Waals surface area contributed by atoms with Crippen molar-refractivity contribution in [1.82, 2.24) is 0 Å². The maximum absolute atomic E-state index is 13.0. The molecule has 0 aliphatic rings. The van der Waals surface area contributed by atoms with E-state index in [-0.39, 0.29) is 29.8 Å². The Morgan fingerprint density at radius 2 is 1.64 bits per heavy atom. The van der Waals surface area contributed by atoms with Crippen molar-refractivity contribution >= 4 is 5.78 Å². The van der Waals surface area contributed by atoms with Gasteiger partial charge in [0.25, 0.3) is 0 Å². The first-order valence-corrected chi connectivity index (χ1v) is 10.3. The lowest BCUT2D eigenvalue weighted by Gasteiger charge is -2.37. The second-order valence-corrected chi connectivity index (χ2v) is 8.63. The smallest absolute Gasteiger partial charge is 0.139 e. The van der Waals surface area contributed by atoms with Gasteiger partial charge in [0.2, 0.25) is 0 Å². The van der Waals surface area contributed by atoms with Gasteiger partial charge >= 0.3 is 0 Å². The SMILES string of the molecule is CCC(C(=O)C(C)CCCC(OC)C(C)C)C(C)C(C)C(C)(O)CC. The molecule has 0 saturated heterocycles. The highest BCUT2D eigenvalue weighted by molar-refractivity contribution is 5.83. The predicted molar refractivity (Wildman–Crippen MR) is 107 cm³/mol. The number of carbonyl (C=O) groups is 1. The molecule has 25 heavy (non-hydrogen) atoms. The van der Waals surface area contributed by atoms with Crippen LogP contribution in [0.5, 0.6) is 0 Å². The number of hydrogen-bond donors (Lipinski definition) is 1. The summed E-state index contributed by atoms with van der Waals surface area (Å²) < 4.78 is 5.53. The van der Waals surface area contributed by atoms with E-state index in [9.17, 15) is 9.90 Å². The lowest BCUT2D eigenvalue weighted by molar-refractivity contribution is -0.130. The third-order valence-electron chi connectivity index (χ3n) is 6.58. The molecule has 1 N–H and O–H groups in total. The normalized spacial score (nSPS) is 20.6. The fourth-order valence-electron chi connectivity index (χ4n) is 3.93. The third kappa shape index (κ3) is 7.38. The van der Waals surface area contributed by atoms with Crippen molar-refractivity contribution in [3.8, 4) is 0 Å². The van der Waals surface area contributed by atoms with Crippen molar-refractivity contribution in [2.75, 3.05) is 7.11 Å². The van der Waals surface area contributed by atoms with Gasteiger partial charge in [-0.3, -0.25) is 4.79 Å². The highest BCUT2D eigenvalue weighted by Gasteiger charge is 2.37. The summed E-state index contributed by atoms with van der Waals surface area (Å²) in [5.41, 5.74) is -0.709. The predicted octanol–water partition coefficient (Wildman–Crippen LogP) is 5.49.